The number of thiazole rings is 3. The van der Waals surface area contributed by atoms with Crippen LogP contribution in [0.1, 0.15) is 100 Å². The second kappa shape index (κ2) is 22.2. The molecule has 29 heteroatoms. The normalized spacial score (nSPS) is 17.9. The lowest BCUT2D eigenvalue weighted by Crippen LogP contribution is -2.53. The fraction of sp³-hybridized carbons (Fsp3) is 0.209. The van der Waals surface area contributed by atoms with Crippen LogP contribution in [0.3, 0.4) is 0 Å². The summed E-state index contributed by atoms with van der Waals surface area (Å²) in [5.74, 6) is -6.71. The maximum atomic E-state index is 13.7. The van der Waals surface area contributed by atoms with Crippen molar-refractivity contribution in [3.63, 3.8) is 0 Å². The summed E-state index contributed by atoms with van der Waals surface area (Å²) in [6, 6.07) is -0.465. The first kappa shape index (κ1) is 51.6. The highest BCUT2D eigenvalue weighted by Gasteiger charge is 2.32. The van der Waals surface area contributed by atoms with Crippen molar-refractivity contribution in [1.82, 2.24) is 67.1 Å². The quantitative estimate of drug-likeness (QED) is 0.108. The predicted molar refractivity (Wildman–Crippen MR) is 260 cm³/mol. The van der Waals surface area contributed by atoms with E-state index in [2.05, 4.69) is 86.9 Å². The molecule has 7 heterocycles. The molecule has 6 aromatic heterocycles. The molecule has 72 heavy (non-hydrogen) atoms. The van der Waals surface area contributed by atoms with E-state index in [-0.39, 0.29) is 80.3 Å². The average Bonchev–Trinajstić information content (AvgIpc) is 4.21. The van der Waals surface area contributed by atoms with Gasteiger partial charge in [-0.1, -0.05) is 19.7 Å². The van der Waals surface area contributed by atoms with Crippen LogP contribution in [-0.2, 0) is 20.9 Å². The van der Waals surface area contributed by atoms with Crippen LogP contribution < -0.4 is 43.0 Å². The lowest BCUT2D eigenvalue weighted by molar-refractivity contribution is -0.126. The van der Waals surface area contributed by atoms with E-state index >= 15 is 0 Å². The van der Waals surface area contributed by atoms with E-state index in [9.17, 15) is 43.5 Å². The number of rotatable bonds is 6. The third-order valence-corrected chi connectivity index (χ3v) is 13.3. The summed E-state index contributed by atoms with van der Waals surface area (Å²) in [6.07, 6.45) is 2.60. The Hall–Kier alpha value is -8.25. The minimum absolute atomic E-state index is 0.0465. The number of carbonyl (C=O) groups is 8. The van der Waals surface area contributed by atoms with Gasteiger partial charge in [-0.2, -0.15) is 11.8 Å². The third-order valence-electron chi connectivity index (χ3n) is 9.87. The van der Waals surface area contributed by atoms with Crippen molar-refractivity contribution in [2.75, 3.05) is 12.0 Å². The van der Waals surface area contributed by atoms with E-state index < -0.39 is 82.9 Å². The zero-order chi connectivity index (χ0) is 52.0. The Bertz CT molecular complexity index is 3190. The molecular weight excluding hydrogens is 1020 g/mol. The molecule has 7 rings (SSSR count). The van der Waals surface area contributed by atoms with Gasteiger partial charge in [0.05, 0.1) is 42.0 Å². The predicted octanol–water partition coefficient (Wildman–Crippen LogP) is 1.95. The zero-order valence-corrected chi connectivity index (χ0v) is 41.1. The summed E-state index contributed by atoms with van der Waals surface area (Å²) < 4.78 is 11.5. The van der Waals surface area contributed by atoms with E-state index in [4.69, 9.17) is 14.6 Å². The van der Waals surface area contributed by atoms with E-state index in [1.54, 1.807) is 13.2 Å². The summed E-state index contributed by atoms with van der Waals surface area (Å²) in [7, 11) is 0. The molecule has 0 aliphatic carbocycles. The zero-order valence-electron chi connectivity index (χ0n) is 37.8. The molecule has 10 N–H and O–H groups in total. The second-order valence-corrected chi connectivity index (χ2v) is 18.8. The minimum Gasteiger partial charge on any atom is -0.446 e. The van der Waals surface area contributed by atoms with E-state index in [0.29, 0.717) is 10.0 Å². The van der Waals surface area contributed by atoms with Crippen LogP contribution in [0, 0.1) is 0 Å². The molecule has 6 aromatic rings. The topological polar surface area (TPSA) is 371 Å². The molecule has 0 saturated carbocycles. The van der Waals surface area contributed by atoms with Crippen LogP contribution in [-0.4, -0.2) is 106 Å². The molecule has 8 amide bonds. The summed E-state index contributed by atoms with van der Waals surface area (Å²) in [6.45, 7) is 13.7. The monoisotopic (exact) mass is 1060 g/mol. The number of aromatic nitrogens is 6. The number of thioether (sulfide) groups is 1. The van der Waals surface area contributed by atoms with Gasteiger partial charge in [0.15, 0.2) is 11.5 Å². The number of amides is 8. The van der Waals surface area contributed by atoms with E-state index in [1.165, 1.54) is 53.2 Å². The first-order valence-electron chi connectivity index (χ1n) is 20.8. The Balaban J connectivity index is 1.20. The maximum absolute atomic E-state index is 13.7. The standard InChI is InChI=1S/C43H40N14O11S4/c1-16(32(44)59)47-35(62)22-8-7-21-31(52-22)28-9-46-40(68-28)18(3)49-33(60)17(2)48-37(64)25-14-71-42(55-25)19(4)50-36(63)24-13-70-29(51-24)10-45-34(61)23-11-67-41(54-23)27(12-69-6)53-39(66)30(20(5)58)57-38(65)26-15-72-43(21)56-26/h7-9,11,13-15,19-20,27,30,58H,1-3,10,12H2,4-6H3,(H2,44,59)(H,45,61)(H,47,62)(H,48,64)(H,49,60)(H,50,63)(H,53,66)(H,57,65)/t19-,20+,27+,30+/m1/s1. The van der Waals surface area contributed by atoms with Crippen molar-refractivity contribution in [1.29, 1.82) is 0 Å². The Morgan fingerprint density at radius 2 is 1.57 bits per heavy atom. The summed E-state index contributed by atoms with van der Waals surface area (Å²) >= 11 is 4.44. The van der Waals surface area contributed by atoms with Gasteiger partial charge in [-0.25, -0.2) is 29.9 Å². The van der Waals surface area contributed by atoms with Gasteiger partial charge in [-0.3, -0.25) is 38.4 Å². The van der Waals surface area contributed by atoms with Crippen LogP contribution in [0.15, 0.2) is 80.7 Å². The Kier molecular flexibility index (Phi) is 15.9. The number of carbonyl (C=O) groups excluding carboxylic acids is 8. The molecule has 1 aliphatic heterocycles. The van der Waals surface area contributed by atoms with E-state index in [1.807, 2.05) is 0 Å². The smallest absolute Gasteiger partial charge is 0.275 e. The van der Waals surface area contributed by atoms with Crippen LogP contribution in [0.25, 0.3) is 27.7 Å². The number of nitrogens with two attached hydrogens (primary N) is 1. The van der Waals surface area contributed by atoms with Gasteiger partial charge in [0, 0.05) is 27.5 Å². The first-order chi connectivity index (χ1) is 34.3. The molecule has 0 spiro atoms. The third kappa shape index (κ3) is 12.0. The number of nitrogens with zero attached hydrogens (tertiary/aromatic N) is 6. The Morgan fingerprint density at radius 3 is 2.31 bits per heavy atom. The van der Waals surface area contributed by atoms with E-state index in [0.717, 1.165) is 40.3 Å². The van der Waals surface area contributed by atoms with Gasteiger partial charge in [-0.05, 0) is 32.2 Å². The minimum atomic E-state index is -1.54. The Labute approximate surface area is 422 Å². The summed E-state index contributed by atoms with van der Waals surface area (Å²) in [5, 5.41) is 33.5. The Morgan fingerprint density at radius 1 is 0.875 bits per heavy atom. The maximum Gasteiger partial charge on any atom is 0.275 e. The van der Waals surface area contributed by atoms with Gasteiger partial charge < -0.3 is 56.9 Å². The number of aliphatic hydroxyl groups excluding tert-OH is 1. The molecule has 0 saturated heterocycles. The number of pyridine rings is 1. The number of hydrogen-bond donors (Lipinski definition) is 9. The fourth-order valence-electron chi connectivity index (χ4n) is 6.20. The highest BCUT2D eigenvalue weighted by Crippen LogP contribution is 2.34. The molecule has 10 bridgehead atoms. The van der Waals surface area contributed by atoms with Gasteiger partial charge in [0.1, 0.15) is 61.8 Å². The highest BCUT2D eigenvalue weighted by atomic mass is 32.2. The van der Waals surface area contributed by atoms with Gasteiger partial charge >= 0.3 is 0 Å². The number of hydrogen-bond acceptors (Lipinski definition) is 21. The molecule has 0 radical (unpaired) electrons. The van der Waals surface area contributed by atoms with Crippen molar-refractivity contribution < 1.29 is 52.3 Å². The van der Waals surface area contributed by atoms with Gasteiger partial charge in [-0.15, -0.1) is 34.0 Å². The molecule has 4 atom stereocenters. The van der Waals surface area contributed by atoms with Crippen LogP contribution in [0.2, 0.25) is 0 Å². The SMILES string of the molecule is C=C(NC(=O)c1ccc2c(n1)-c1cnc(o1)C(=C)NC(=O)C(=C)NC(=O)c1csc(n1)[C@@H](C)NC(=O)c1csc(n1)CNC(=O)c1coc(n1)[C@H](CSC)NC(=O)[C@H]([C@H](C)O)NC(=O)c1csc-2n1)C(N)=O. The molecule has 372 valence electrons. The molecular formula is C43H40N14O11S4. The second-order valence-electron chi connectivity index (χ2n) is 15.2. The molecule has 0 aromatic carbocycles. The largest absolute Gasteiger partial charge is 0.446 e. The van der Waals surface area contributed by atoms with Crippen molar-refractivity contribution in [3.8, 4) is 22.0 Å². The first-order valence-corrected chi connectivity index (χ1v) is 24.8. The molecule has 25 nitrogen and oxygen atoms in total. The van der Waals surface area contributed by atoms with Crippen LogP contribution in [0.4, 0.5) is 0 Å². The van der Waals surface area contributed by atoms with Crippen molar-refractivity contribution in [2.45, 2.75) is 44.6 Å². The lowest BCUT2D eigenvalue weighted by Gasteiger charge is -2.23. The average molecular weight is 1060 g/mol. The van der Waals surface area contributed by atoms with Gasteiger partial charge in [0.25, 0.3) is 41.4 Å². The molecule has 0 unspecified atom stereocenters. The number of primary amides is 1. The molecule has 1 aliphatic rings. The number of oxazole rings is 2. The summed E-state index contributed by atoms with van der Waals surface area (Å²) in [5.41, 5.74) is 3.71. The highest BCUT2D eigenvalue weighted by molar-refractivity contribution is 7.98. The number of aliphatic hydroxyl groups is 1. The molecule has 0 fully saturated rings. The fourth-order valence-corrected chi connectivity index (χ4v) is 9.10. The van der Waals surface area contributed by atoms with Crippen LogP contribution in [0.5, 0.6) is 0 Å². The summed E-state index contributed by atoms with van der Waals surface area (Å²) in [4.78, 5) is 131. The van der Waals surface area contributed by atoms with Crippen molar-refractivity contribution in [3.05, 3.63) is 122 Å². The number of fused-ring (bicyclic) bond motifs is 13. The van der Waals surface area contributed by atoms with Crippen LogP contribution >= 0.6 is 45.8 Å². The number of nitrogens with one attached hydrogen (secondary N) is 7. The van der Waals surface area contributed by atoms with Gasteiger partial charge in [0.2, 0.25) is 17.7 Å². The van der Waals surface area contributed by atoms with Crippen molar-refractivity contribution >= 4 is 98.7 Å². The lowest BCUT2D eigenvalue weighted by atomic mass is 10.1. The van der Waals surface area contributed by atoms with Crippen molar-refractivity contribution in [2.24, 2.45) is 5.73 Å².